The number of rotatable bonds is 7. The summed E-state index contributed by atoms with van der Waals surface area (Å²) in [5.74, 6) is -0.452. The quantitative estimate of drug-likeness (QED) is 0.714. The fraction of sp³-hybridized carbons (Fsp3) is 0.471. The van der Waals surface area contributed by atoms with Gasteiger partial charge in [-0.2, -0.15) is 0 Å². The van der Waals surface area contributed by atoms with E-state index in [1.165, 1.54) is 11.8 Å². The van der Waals surface area contributed by atoms with Crippen molar-refractivity contribution >= 4 is 29.5 Å². The zero-order valence-electron chi connectivity index (χ0n) is 13.6. The summed E-state index contributed by atoms with van der Waals surface area (Å²) in [6, 6.07) is 9.25. The van der Waals surface area contributed by atoms with Gasteiger partial charge in [-0.1, -0.05) is 30.3 Å². The number of benzene rings is 1. The third-order valence-corrected chi connectivity index (χ3v) is 4.90. The molecule has 7 heteroatoms. The van der Waals surface area contributed by atoms with Crippen molar-refractivity contribution in [3.63, 3.8) is 0 Å². The number of hydrogen-bond acceptors (Lipinski definition) is 5. The number of hydrogen-bond donors (Lipinski definition) is 2. The highest BCUT2D eigenvalue weighted by Gasteiger charge is 2.34. The molecule has 1 aromatic rings. The fourth-order valence-electron chi connectivity index (χ4n) is 2.35. The molecule has 6 nitrogen and oxygen atoms in total. The van der Waals surface area contributed by atoms with Gasteiger partial charge in [0.1, 0.15) is 6.04 Å². The normalized spacial score (nSPS) is 20.1. The first-order valence-corrected chi connectivity index (χ1v) is 9.04. The molecular formula is C17H22N2O4S. The van der Waals surface area contributed by atoms with Crippen LogP contribution < -0.4 is 10.6 Å². The van der Waals surface area contributed by atoms with Crippen LogP contribution in [0.1, 0.15) is 18.9 Å². The van der Waals surface area contributed by atoms with E-state index in [1.54, 1.807) is 6.92 Å². The lowest BCUT2D eigenvalue weighted by atomic mass is 10.1. The highest BCUT2D eigenvalue weighted by atomic mass is 32.2. The van der Waals surface area contributed by atoms with Gasteiger partial charge >= 0.3 is 5.97 Å². The van der Waals surface area contributed by atoms with Gasteiger partial charge in [-0.05, 0) is 18.9 Å². The van der Waals surface area contributed by atoms with Crippen molar-refractivity contribution in [1.82, 2.24) is 10.6 Å². The molecule has 2 atom stereocenters. The molecule has 24 heavy (non-hydrogen) atoms. The van der Waals surface area contributed by atoms with Gasteiger partial charge in [-0.25, -0.2) is 4.79 Å². The summed E-state index contributed by atoms with van der Waals surface area (Å²) in [5, 5.41) is 4.99. The summed E-state index contributed by atoms with van der Waals surface area (Å²) in [6.07, 6.45) is 0.863. The highest BCUT2D eigenvalue weighted by molar-refractivity contribution is 8.00. The largest absolute Gasteiger partial charge is 0.464 e. The Morgan fingerprint density at radius 3 is 2.75 bits per heavy atom. The third-order valence-electron chi connectivity index (χ3n) is 3.59. The molecule has 2 rings (SSSR count). The molecule has 1 saturated heterocycles. The number of carbonyl (C=O) groups excluding carboxylic acids is 3. The second-order valence-corrected chi connectivity index (χ2v) is 6.66. The number of esters is 1. The van der Waals surface area contributed by atoms with Crippen molar-refractivity contribution in [1.29, 1.82) is 0 Å². The Labute approximate surface area is 145 Å². The number of amides is 2. The maximum absolute atomic E-state index is 12.0. The lowest BCUT2D eigenvalue weighted by Crippen LogP contribution is -2.52. The maximum atomic E-state index is 12.0. The molecule has 1 aromatic carbocycles. The zero-order valence-corrected chi connectivity index (χ0v) is 14.4. The van der Waals surface area contributed by atoms with Crippen LogP contribution in [0.4, 0.5) is 0 Å². The summed E-state index contributed by atoms with van der Waals surface area (Å²) < 4.78 is 4.89. The first-order chi connectivity index (χ1) is 11.6. The first kappa shape index (κ1) is 18.3. The van der Waals surface area contributed by atoms with Crippen LogP contribution >= 0.6 is 11.8 Å². The second kappa shape index (κ2) is 9.32. The van der Waals surface area contributed by atoms with Gasteiger partial charge in [0.2, 0.25) is 11.8 Å². The summed E-state index contributed by atoms with van der Waals surface area (Å²) in [6.45, 7) is 2.54. The minimum atomic E-state index is -0.625. The van der Waals surface area contributed by atoms with E-state index in [1.807, 2.05) is 30.3 Å². The van der Waals surface area contributed by atoms with Crippen LogP contribution in [0.15, 0.2) is 30.3 Å². The van der Waals surface area contributed by atoms with Crippen molar-refractivity contribution in [3.8, 4) is 0 Å². The van der Waals surface area contributed by atoms with Crippen LogP contribution in [-0.2, 0) is 25.5 Å². The zero-order chi connectivity index (χ0) is 17.4. The van der Waals surface area contributed by atoms with E-state index in [0.717, 1.165) is 12.0 Å². The molecule has 0 aliphatic carbocycles. The fourth-order valence-corrected chi connectivity index (χ4v) is 3.48. The average Bonchev–Trinajstić information content (AvgIpc) is 2.58. The molecule has 1 aliphatic rings. The number of ether oxygens (including phenoxy) is 1. The van der Waals surface area contributed by atoms with Gasteiger partial charge in [-0.15, -0.1) is 11.8 Å². The molecule has 1 fully saturated rings. The Morgan fingerprint density at radius 2 is 2.08 bits per heavy atom. The van der Waals surface area contributed by atoms with E-state index in [0.29, 0.717) is 12.3 Å². The van der Waals surface area contributed by atoms with Crippen LogP contribution in [0.2, 0.25) is 0 Å². The standard InChI is InChI=1S/C17H22N2O4S/c1-2-23-17(22)13-11-24-14(16(21)19-13)10-15(20)18-9-8-12-6-4-3-5-7-12/h3-7,13-14H,2,8-11H2,1H3,(H,18,20)(H,19,21). The van der Waals surface area contributed by atoms with Gasteiger partial charge in [0.25, 0.3) is 0 Å². The van der Waals surface area contributed by atoms with Crippen LogP contribution in [0.3, 0.4) is 0 Å². The minimum absolute atomic E-state index is 0.112. The van der Waals surface area contributed by atoms with Crippen LogP contribution in [-0.4, -0.2) is 48.0 Å². The number of carbonyl (C=O) groups is 3. The van der Waals surface area contributed by atoms with Crippen molar-refractivity contribution < 1.29 is 19.1 Å². The predicted molar refractivity (Wildman–Crippen MR) is 92.6 cm³/mol. The molecule has 0 radical (unpaired) electrons. The SMILES string of the molecule is CCOC(=O)C1CSC(CC(=O)NCCc2ccccc2)C(=O)N1. The Hall–Kier alpha value is -2.02. The van der Waals surface area contributed by atoms with Gasteiger partial charge in [0, 0.05) is 18.7 Å². The summed E-state index contributed by atoms with van der Waals surface area (Å²) >= 11 is 1.32. The molecule has 2 unspecified atom stereocenters. The number of nitrogens with one attached hydrogen (secondary N) is 2. The lowest BCUT2D eigenvalue weighted by Gasteiger charge is -2.27. The van der Waals surface area contributed by atoms with Gasteiger partial charge < -0.3 is 15.4 Å². The van der Waals surface area contributed by atoms with Gasteiger partial charge in [-0.3, -0.25) is 9.59 Å². The van der Waals surface area contributed by atoms with E-state index >= 15 is 0 Å². The Balaban J connectivity index is 1.70. The van der Waals surface area contributed by atoms with Crippen molar-refractivity contribution in [2.24, 2.45) is 0 Å². The molecular weight excluding hydrogens is 328 g/mol. The summed E-state index contributed by atoms with van der Waals surface area (Å²) in [7, 11) is 0. The maximum Gasteiger partial charge on any atom is 0.329 e. The summed E-state index contributed by atoms with van der Waals surface area (Å²) in [4.78, 5) is 35.6. The third kappa shape index (κ3) is 5.56. The second-order valence-electron chi connectivity index (χ2n) is 5.42. The van der Waals surface area contributed by atoms with E-state index in [4.69, 9.17) is 4.74 Å². The molecule has 1 aliphatic heterocycles. The predicted octanol–water partition coefficient (Wildman–Crippen LogP) is 0.899. The number of thioether (sulfide) groups is 1. The van der Waals surface area contributed by atoms with Crippen molar-refractivity contribution in [2.45, 2.75) is 31.1 Å². The van der Waals surface area contributed by atoms with Crippen LogP contribution in [0, 0.1) is 0 Å². The van der Waals surface area contributed by atoms with E-state index < -0.39 is 17.3 Å². The molecule has 0 aromatic heterocycles. The molecule has 1 heterocycles. The van der Waals surface area contributed by atoms with Crippen LogP contribution in [0.5, 0.6) is 0 Å². The van der Waals surface area contributed by atoms with Gasteiger partial charge in [0.15, 0.2) is 0 Å². The van der Waals surface area contributed by atoms with Gasteiger partial charge in [0.05, 0.1) is 11.9 Å². The lowest BCUT2D eigenvalue weighted by molar-refractivity contribution is -0.146. The molecule has 2 amide bonds. The molecule has 0 bridgehead atoms. The molecule has 0 saturated carbocycles. The van der Waals surface area contributed by atoms with Crippen molar-refractivity contribution in [2.75, 3.05) is 18.9 Å². The van der Waals surface area contributed by atoms with E-state index in [2.05, 4.69) is 10.6 Å². The monoisotopic (exact) mass is 350 g/mol. The first-order valence-electron chi connectivity index (χ1n) is 7.99. The molecule has 2 N–H and O–H groups in total. The smallest absolute Gasteiger partial charge is 0.329 e. The van der Waals surface area contributed by atoms with E-state index in [9.17, 15) is 14.4 Å². The molecule has 0 spiro atoms. The Bertz CT molecular complexity index is 579. The summed E-state index contributed by atoms with van der Waals surface area (Å²) in [5.41, 5.74) is 1.15. The Kier molecular flexibility index (Phi) is 7.11. The topological polar surface area (TPSA) is 84.5 Å². The Morgan fingerprint density at radius 1 is 1.33 bits per heavy atom. The van der Waals surface area contributed by atoms with Crippen LogP contribution in [0.25, 0.3) is 0 Å². The highest BCUT2D eigenvalue weighted by Crippen LogP contribution is 2.21. The average molecular weight is 350 g/mol. The minimum Gasteiger partial charge on any atom is -0.464 e. The van der Waals surface area contributed by atoms with E-state index in [-0.39, 0.29) is 24.8 Å². The van der Waals surface area contributed by atoms with Crippen molar-refractivity contribution in [3.05, 3.63) is 35.9 Å². The molecule has 130 valence electrons.